The number of benzene rings is 1. The molecular weight excluding hydrogens is 348 g/mol. The summed E-state index contributed by atoms with van der Waals surface area (Å²) in [4.78, 5) is 12.4. The molecule has 0 fully saturated rings. The van der Waals surface area contributed by atoms with Gasteiger partial charge in [0.2, 0.25) is 0 Å². The Kier molecular flexibility index (Phi) is 5.02. The predicted octanol–water partition coefficient (Wildman–Crippen LogP) is 4.65. The van der Waals surface area contributed by atoms with Crippen LogP contribution in [0.5, 0.6) is 0 Å². The Morgan fingerprint density at radius 3 is 2.58 bits per heavy atom. The van der Waals surface area contributed by atoms with E-state index in [1.54, 1.807) is 6.07 Å². The standard InChI is InChI=1S/C14H12BrClO2S/c15-12-4-2-1-3-9(12)7-10(14(17)18)8-11-5-6-13(16)19-11/h1-6,10H,7-8H2,(H,17,18). The minimum atomic E-state index is -0.778. The predicted molar refractivity (Wildman–Crippen MR) is 82.0 cm³/mol. The van der Waals surface area contributed by atoms with Crippen molar-refractivity contribution in [1.29, 1.82) is 0 Å². The van der Waals surface area contributed by atoms with Crippen LogP contribution >= 0.6 is 38.9 Å². The molecule has 1 aromatic carbocycles. The summed E-state index contributed by atoms with van der Waals surface area (Å²) in [5.41, 5.74) is 1.01. The van der Waals surface area contributed by atoms with Crippen LogP contribution in [0.3, 0.4) is 0 Å². The fourth-order valence-corrected chi connectivity index (χ4v) is 3.49. The smallest absolute Gasteiger partial charge is 0.307 e. The highest BCUT2D eigenvalue weighted by molar-refractivity contribution is 9.10. The molecule has 0 aliphatic heterocycles. The van der Waals surface area contributed by atoms with E-state index < -0.39 is 11.9 Å². The zero-order chi connectivity index (χ0) is 13.8. The van der Waals surface area contributed by atoms with Crippen LogP contribution in [0.25, 0.3) is 0 Å². The second-order valence-electron chi connectivity index (χ2n) is 4.24. The zero-order valence-corrected chi connectivity index (χ0v) is 13.1. The van der Waals surface area contributed by atoms with Gasteiger partial charge in [-0.05, 0) is 36.6 Å². The van der Waals surface area contributed by atoms with Gasteiger partial charge in [-0.25, -0.2) is 0 Å². The van der Waals surface area contributed by atoms with Crippen molar-refractivity contribution < 1.29 is 9.90 Å². The minimum absolute atomic E-state index is 0.437. The molecular formula is C14H12BrClO2S. The number of hydrogen-bond acceptors (Lipinski definition) is 2. The van der Waals surface area contributed by atoms with Gasteiger partial charge in [-0.15, -0.1) is 11.3 Å². The molecule has 0 aliphatic rings. The second-order valence-corrected chi connectivity index (χ2v) is 6.89. The molecule has 1 unspecified atom stereocenters. The molecule has 0 radical (unpaired) electrons. The molecule has 1 heterocycles. The SMILES string of the molecule is O=C(O)C(Cc1ccc(Cl)s1)Cc1ccccc1Br. The van der Waals surface area contributed by atoms with Gasteiger partial charge in [0.1, 0.15) is 0 Å². The lowest BCUT2D eigenvalue weighted by atomic mass is 9.96. The number of carbonyl (C=O) groups is 1. The first-order chi connectivity index (χ1) is 9.06. The number of halogens is 2. The van der Waals surface area contributed by atoms with Gasteiger partial charge < -0.3 is 5.11 Å². The van der Waals surface area contributed by atoms with E-state index >= 15 is 0 Å². The Morgan fingerprint density at radius 1 is 1.26 bits per heavy atom. The Hall–Kier alpha value is -0.840. The molecule has 2 nitrogen and oxygen atoms in total. The van der Waals surface area contributed by atoms with Gasteiger partial charge in [-0.2, -0.15) is 0 Å². The molecule has 1 aromatic heterocycles. The summed E-state index contributed by atoms with van der Waals surface area (Å²) in [5, 5.41) is 9.35. The van der Waals surface area contributed by atoms with Crippen LogP contribution in [0.4, 0.5) is 0 Å². The van der Waals surface area contributed by atoms with Crippen LogP contribution in [0.15, 0.2) is 40.9 Å². The lowest BCUT2D eigenvalue weighted by Crippen LogP contribution is -2.18. The van der Waals surface area contributed by atoms with Crippen molar-refractivity contribution in [2.45, 2.75) is 12.8 Å². The van der Waals surface area contributed by atoms with Gasteiger partial charge >= 0.3 is 5.97 Å². The molecule has 19 heavy (non-hydrogen) atoms. The van der Waals surface area contributed by atoms with E-state index in [1.807, 2.05) is 30.3 Å². The van der Waals surface area contributed by atoms with Crippen molar-refractivity contribution in [2.75, 3.05) is 0 Å². The van der Waals surface area contributed by atoms with Gasteiger partial charge in [-0.3, -0.25) is 4.79 Å². The average Bonchev–Trinajstić information content (AvgIpc) is 2.76. The Morgan fingerprint density at radius 2 is 2.00 bits per heavy atom. The van der Waals surface area contributed by atoms with E-state index in [0.717, 1.165) is 14.9 Å². The minimum Gasteiger partial charge on any atom is -0.481 e. The lowest BCUT2D eigenvalue weighted by Gasteiger charge is -2.12. The molecule has 5 heteroatoms. The van der Waals surface area contributed by atoms with Crippen molar-refractivity contribution >= 4 is 44.8 Å². The second kappa shape index (κ2) is 6.55. The molecule has 2 aromatic rings. The average molecular weight is 360 g/mol. The van der Waals surface area contributed by atoms with E-state index in [9.17, 15) is 9.90 Å². The lowest BCUT2D eigenvalue weighted by molar-refractivity contribution is -0.141. The third-order valence-corrected chi connectivity index (χ3v) is 4.88. The third-order valence-electron chi connectivity index (χ3n) is 2.85. The molecule has 0 aliphatic carbocycles. The van der Waals surface area contributed by atoms with Gasteiger partial charge in [-0.1, -0.05) is 45.7 Å². The fourth-order valence-electron chi connectivity index (χ4n) is 1.88. The monoisotopic (exact) mass is 358 g/mol. The molecule has 0 bridgehead atoms. The fraction of sp³-hybridized carbons (Fsp3) is 0.214. The van der Waals surface area contributed by atoms with E-state index in [0.29, 0.717) is 17.2 Å². The van der Waals surface area contributed by atoms with Crippen molar-refractivity contribution in [3.8, 4) is 0 Å². The zero-order valence-electron chi connectivity index (χ0n) is 9.98. The maximum Gasteiger partial charge on any atom is 0.307 e. The summed E-state index contributed by atoms with van der Waals surface area (Å²) >= 11 is 10.8. The summed E-state index contributed by atoms with van der Waals surface area (Å²) in [6, 6.07) is 11.4. The summed E-state index contributed by atoms with van der Waals surface area (Å²) in [6.45, 7) is 0. The topological polar surface area (TPSA) is 37.3 Å². The van der Waals surface area contributed by atoms with Gasteiger partial charge in [0, 0.05) is 9.35 Å². The quantitative estimate of drug-likeness (QED) is 0.843. The highest BCUT2D eigenvalue weighted by Crippen LogP contribution is 2.26. The van der Waals surface area contributed by atoms with Gasteiger partial charge in [0.25, 0.3) is 0 Å². The van der Waals surface area contributed by atoms with Gasteiger partial charge in [0.15, 0.2) is 0 Å². The maximum absolute atomic E-state index is 11.4. The van der Waals surface area contributed by atoms with Gasteiger partial charge in [0.05, 0.1) is 10.3 Å². The van der Waals surface area contributed by atoms with Crippen molar-refractivity contribution in [3.63, 3.8) is 0 Å². The molecule has 0 spiro atoms. The van der Waals surface area contributed by atoms with Crippen molar-refractivity contribution in [1.82, 2.24) is 0 Å². The van der Waals surface area contributed by atoms with Crippen LogP contribution < -0.4 is 0 Å². The normalized spacial score (nSPS) is 12.3. The van der Waals surface area contributed by atoms with E-state index in [4.69, 9.17) is 11.6 Å². The van der Waals surface area contributed by atoms with E-state index in [2.05, 4.69) is 15.9 Å². The van der Waals surface area contributed by atoms with Crippen LogP contribution in [0, 0.1) is 5.92 Å². The number of rotatable bonds is 5. The number of aliphatic carboxylic acids is 1. The molecule has 1 N–H and O–H groups in total. The number of hydrogen-bond donors (Lipinski definition) is 1. The number of thiophene rings is 1. The summed E-state index contributed by atoms with van der Waals surface area (Å²) in [5.74, 6) is -1.21. The maximum atomic E-state index is 11.4. The van der Waals surface area contributed by atoms with Crippen LogP contribution in [-0.2, 0) is 17.6 Å². The Bertz CT molecular complexity index is 582. The molecule has 0 saturated heterocycles. The first-order valence-electron chi connectivity index (χ1n) is 5.76. The highest BCUT2D eigenvalue weighted by Gasteiger charge is 2.20. The van der Waals surface area contributed by atoms with Crippen LogP contribution in [-0.4, -0.2) is 11.1 Å². The van der Waals surface area contributed by atoms with Crippen LogP contribution in [0.1, 0.15) is 10.4 Å². The summed E-state index contributed by atoms with van der Waals surface area (Å²) in [6.07, 6.45) is 1.01. The molecule has 100 valence electrons. The molecule has 1 atom stereocenters. The Labute approximate surface area is 129 Å². The summed E-state index contributed by atoms with van der Waals surface area (Å²) in [7, 11) is 0. The first-order valence-corrected chi connectivity index (χ1v) is 7.75. The third kappa shape index (κ3) is 4.06. The summed E-state index contributed by atoms with van der Waals surface area (Å²) < 4.78 is 1.64. The Balaban J connectivity index is 2.13. The highest BCUT2D eigenvalue weighted by atomic mass is 79.9. The van der Waals surface area contributed by atoms with E-state index in [1.165, 1.54) is 11.3 Å². The van der Waals surface area contributed by atoms with Crippen molar-refractivity contribution in [3.05, 3.63) is 55.6 Å². The number of carboxylic acid groups (broad SMARTS) is 1. The van der Waals surface area contributed by atoms with Crippen molar-refractivity contribution in [2.24, 2.45) is 5.92 Å². The number of carboxylic acids is 1. The first kappa shape index (κ1) is 14.6. The molecule has 0 amide bonds. The largest absolute Gasteiger partial charge is 0.481 e. The van der Waals surface area contributed by atoms with Crippen LogP contribution in [0.2, 0.25) is 4.34 Å². The molecule has 2 rings (SSSR count). The van der Waals surface area contributed by atoms with E-state index in [-0.39, 0.29) is 0 Å². The molecule has 0 saturated carbocycles.